The fourth-order valence-electron chi connectivity index (χ4n) is 1.84. The molecule has 0 radical (unpaired) electrons. The second-order valence-corrected chi connectivity index (χ2v) is 4.82. The summed E-state index contributed by atoms with van der Waals surface area (Å²) in [6, 6.07) is 10.2. The zero-order chi connectivity index (χ0) is 13.0. The maximum Gasteiger partial charge on any atom is 0.349 e. The first-order chi connectivity index (χ1) is 8.55. The van der Waals surface area contributed by atoms with Gasteiger partial charge in [0, 0.05) is 5.54 Å². The predicted octanol–water partition coefficient (Wildman–Crippen LogP) is 1.60. The first-order valence-electron chi connectivity index (χ1n) is 5.79. The van der Waals surface area contributed by atoms with E-state index < -0.39 is 5.69 Å². The molecule has 0 aliphatic carbocycles. The monoisotopic (exact) mass is 244 g/mol. The van der Waals surface area contributed by atoms with E-state index in [9.17, 15) is 4.79 Å². The van der Waals surface area contributed by atoms with E-state index in [4.69, 9.17) is 0 Å². The van der Waals surface area contributed by atoms with E-state index in [0.717, 1.165) is 6.42 Å². The van der Waals surface area contributed by atoms with Crippen molar-refractivity contribution in [3.05, 3.63) is 52.7 Å². The molecule has 18 heavy (non-hydrogen) atoms. The Labute approximate surface area is 105 Å². The van der Waals surface area contributed by atoms with Crippen LogP contribution < -0.4 is 11.0 Å². The van der Waals surface area contributed by atoms with E-state index in [2.05, 4.69) is 46.2 Å². The van der Waals surface area contributed by atoms with Gasteiger partial charge in [-0.2, -0.15) is 4.98 Å². The lowest BCUT2D eigenvalue weighted by Gasteiger charge is -2.26. The molecule has 0 bridgehead atoms. The molecule has 2 aromatic rings. The average molecular weight is 244 g/mol. The number of hydrogen-bond acceptors (Lipinski definition) is 4. The summed E-state index contributed by atoms with van der Waals surface area (Å²) in [6.45, 7) is 4.11. The maximum absolute atomic E-state index is 11.1. The van der Waals surface area contributed by atoms with Crippen LogP contribution in [0.1, 0.15) is 19.4 Å². The molecule has 1 heterocycles. The summed E-state index contributed by atoms with van der Waals surface area (Å²) in [5.74, 6) is 0.441. The van der Waals surface area contributed by atoms with E-state index in [1.54, 1.807) is 0 Å². The second kappa shape index (κ2) is 5.00. The van der Waals surface area contributed by atoms with Gasteiger partial charge in [-0.05, 0) is 25.8 Å². The minimum Gasteiger partial charge on any atom is -0.350 e. The molecule has 1 aromatic heterocycles. The third kappa shape index (κ3) is 3.41. The fourth-order valence-corrected chi connectivity index (χ4v) is 1.84. The molecule has 0 fully saturated rings. The molecule has 0 saturated heterocycles. The van der Waals surface area contributed by atoms with Crippen molar-refractivity contribution in [2.24, 2.45) is 0 Å². The van der Waals surface area contributed by atoms with Gasteiger partial charge < -0.3 is 5.32 Å². The Bertz CT molecular complexity index is 562. The van der Waals surface area contributed by atoms with E-state index in [1.165, 1.54) is 11.9 Å². The summed E-state index contributed by atoms with van der Waals surface area (Å²) in [4.78, 5) is 21.1. The standard InChI is InChI=1S/C13H16N4O/c1-13(2,8-10-6-4-3-5-7-10)17-11-14-9-15-12(18)16-11/h3-7,9H,8H2,1-2H3,(H2,14,15,16,17,18). The van der Waals surface area contributed by atoms with Crippen LogP contribution in [-0.2, 0) is 6.42 Å². The van der Waals surface area contributed by atoms with Crippen molar-refractivity contribution in [1.82, 2.24) is 15.0 Å². The summed E-state index contributed by atoms with van der Waals surface area (Å²) in [5, 5.41) is 3.20. The lowest BCUT2D eigenvalue weighted by molar-refractivity contribution is 0.557. The molecule has 1 aromatic carbocycles. The van der Waals surface area contributed by atoms with Crippen molar-refractivity contribution in [2.45, 2.75) is 25.8 Å². The lowest BCUT2D eigenvalue weighted by Crippen LogP contribution is -2.35. The van der Waals surface area contributed by atoms with Gasteiger partial charge in [-0.3, -0.25) is 4.98 Å². The SMILES string of the molecule is CC(C)(Cc1ccccc1)Nc1ncnc(=O)[nH]1. The van der Waals surface area contributed by atoms with Crippen LogP contribution in [0.25, 0.3) is 0 Å². The van der Waals surface area contributed by atoms with Gasteiger partial charge in [0.15, 0.2) is 0 Å². The van der Waals surface area contributed by atoms with Gasteiger partial charge in [0.1, 0.15) is 6.33 Å². The molecule has 0 aliphatic heterocycles. The highest BCUT2D eigenvalue weighted by Crippen LogP contribution is 2.16. The maximum atomic E-state index is 11.1. The number of hydrogen-bond donors (Lipinski definition) is 2. The molecular formula is C13H16N4O. The highest BCUT2D eigenvalue weighted by atomic mass is 16.1. The molecule has 0 amide bonds. The Morgan fingerprint density at radius 2 is 1.94 bits per heavy atom. The normalized spacial score (nSPS) is 11.2. The molecule has 94 valence electrons. The minimum absolute atomic E-state index is 0.210. The fraction of sp³-hybridized carbons (Fsp3) is 0.308. The van der Waals surface area contributed by atoms with Crippen molar-refractivity contribution in [3.63, 3.8) is 0 Å². The van der Waals surface area contributed by atoms with E-state index in [1.807, 2.05) is 18.2 Å². The van der Waals surface area contributed by atoms with Crippen LogP contribution in [0.15, 0.2) is 41.5 Å². The minimum atomic E-state index is -0.400. The number of aromatic nitrogens is 3. The summed E-state index contributed by atoms with van der Waals surface area (Å²) in [7, 11) is 0. The third-order valence-corrected chi connectivity index (χ3v) is 2.53. The van der Waals surface area contributed by atoms with Gasteiger partial charge in [-0.15, -0.1) is 0 Å². The van der Waals surface area contributed by atoms with Crippen LogP contribution in [0.3, 0.4) is 0 Å². The molecule has 0 aliphatic rings. The van der Waals surface area contributed by atoms with Crippen molar-refractivity contribution < 1.29 is 0 Å². The quantitative estimate of drug-likeness (QED) is 0.857. The predicted molar refractivity (Wildman–Crippen MR) is 70.5 cm³/mol. The molecule has 5 heteroatoms. The zero-order valence-corrected chi connectivity index (χ0v) is 10.5. The molecule has 0 spiro atoms. The third-order valence-electron chi connectivity index (χ3n) is 2.53. The number of benzene rings is 1. The summed E-state index contributed by atoms with van der Waals surface area (Å²) >= 11 is 0. The van der Waals surface area contributed by atoms with E-state index in [-0.39, 0.29) is 5.54 Å². The Hall–Kier alpha value is -2.17. The van der Waals surface area contributed by atoms with Gasteiger partial charge in [0.05, 0.1) is 0 Å². The van der Waals surface area contributed by atoms with Gasteiger partial charge in [0.2, 0.25) is 5.95 Å². The number of aromatic amines is 1. The Morgan fingerprint density at radius 3 is 2.61 bits per heavy atom. The van der Waals surface area contributed by atoms with Crippen LogP contribution in [0.4, 0.5) is 5.95 Å². The van der Waals surface area contributed by atoms with Crippen LogP contribution in [0.2, 0.25) is 0 Å². The zero-order valence-electron chi connectivity index (χ0n) is 10.5. The summed E-state index contributed by atoms with van der Waals surface area (Å²) in [6.07, 6.45) is 2.08. The Balaban J connectivity index is 2.10. The first-order valence-corrected chi connectivity index (χ1v) is 5.79. The van der Waals surface area contributed by atoms with Crippen molar-refractivity contribution >= 4 is 5.95 Å². The molecule has 0 saturated carbocycles. The van der Waals surface area contributed by atoms with Gasteiger partial charge >= 0.3 is 5.69 Å². The number of anilines is 1. The highest BCUT2D eigenvalue weighted by molar-refractivity contribution is 5.28. The number of nitrogens with one attached hydrogen (secondary N) is 2. The van der Waals surface area contributed by atoms with Crippen molar-refractivity contribution in [3.8, 4) is 0 Å². The number of H-pyrrole nitrogens is 1. The summed E-state index contributed by atoms with van der Waals surface area (Å²) in [5.41, 5.74) is 0.618. The molecule has 0 unspecified atom stereocenters. The Kier molecular flexibility index (Phi) is 3.41. The molecular weight excluding hydrogens is 228 g/mol. The summed E-state index contributed by atoms with van der Waals surface area (Å²) < 4.78 is 0. The average Bonchev–Trinajstić information content (AvgIpc) is 2.28. The van der Waals surface area contributed by atoms with Crippen molar-refractivity contribution in [1.29, 1.82) is 0 Å². The van der Waals surface area contributed by atoms with Crippen LogP contribution in [0, 0.1) is 0 Å². The van der Waals surface area contributed by atoms with Gasteiger partial charge in [-0.1, -0.05) is 30.3 Å². The number of nitrogens with zero attached hydrogens (tertiary/aromatic N) is 2. The van der Waals surface area contributed by atoms with E-state index >= 15 is 0 Å². The number of rotatable bonds is 4. The van der Waals surface area contributed by atoms with Crippen LogP contribution in [0.5, 0.6) is 0 Å². The Morgan fingerprint density at radius 1 is 1.22 bits per heavy atom. The molecule has 0 atom stereocenters. The smallest absolute Gasteiger partial charge is 0.349 e. The topological polar surface area (TPSA) is 70.7 Å². The van der Waals surface area contributed by atoms with Crippen molar-refractivity contribution in [2.75, 3.05) is 5.32 Å². The van der Waals surface area contributed by atoms with Gasteiger partial charge in [-0.25, -0.2) is 9.78 Å². The first kappa shape index (κ1) is 12.3. The largest absolute Gasteiger partial charge is 0.350 e. The van der Waals surface area contributed by atoms with Crippen LogP contribution >= 0.6 is 0 Å². The van der Waals surface area contributed by atoms with E-state index in [0.29, 0.717) is 5.95 Å². The molecule has 5 nitrogen and oxygen atoms in total. The molecule has 2 rings (SSSR count). The van der Waals surface area contributed by atoms with Gasteiger partial charge in [0.25, 0.3) is 0 Å². The highest BCUT2D eigenvalue weighted by Gasteiger charge is 2.18. The second-order valence-electron chi connectivity index (χ2n) is 4.82. The lowest BCUT2D eigenvalue weighted by atomic mass is 9.95. The van der Waals surface area contributed by atoms with Crippen LogP contribution in [-0.4, -0.2) is 20.5 Å². The molecule has 2 N–H and O–H groups in total.